The Kier molecular flexibility index (Phi) is 3.23. The SMILES string of the molecule is NCc1ncnc(C2CCOCC2)c1F. The lowest BCUT2D eigenvalue weighted by Crippen LogP contribution is -2.18. The zero-order valence-electron chi connectivity index (χ0n) is 8.45. The van der Waals surface area contributed by atoms with E-state index in [0.717, 1.165) is 12.8 Å². The molecule has 0 amide bonds. The highest BCUT2D eigenvalue weighted by atomic mass is 19.1. The van der Waals surface area contributed by atoms with E-state index >= 15 is 0 Å². The molecular weight excluding hydrogens is 197 g/mol. The number of rotatable bonds is 2. The minimum Gasteiger partial charge on any atom is -0.381 e. The molecule has 0 bridgehead atoms. The average Bonchev–Trinajstić information content (AvgIpc) is 2.30. The van der Waals surface area contributed by atoms with Crippen LogP contribution in [0.3, 0.4) is 0 Å². The number of aromatic nitrogens is 2. The molecule has 1 aliphatic heterocycles. The van der Waals surface area contributed by atoms with Crippen LogP contribution in [0.5, 0.6) is 0 Å². The van der Waals surface area contributed by atoms with E-state index in [1.54, 1.807) is 0 Å². The van der Waals surface area contributed by atoms with E-state index in [9.17, 15) is 4.39 Å². The van der Waals surface area contributed by atoms with E-state index in [-0.39, 0.29) is 18.3 Å². The Labute approximate surface area is 87.7 Å². The molecule has 1 aromatic rings. The van der Waals surface area contributed by atoms with Crippen LogP contribution in [0.1, 0.15) is 30.1 Å². The monoisotopic (exact) mass is 211 g/mol. The molecule has 82 valence electrons. The molecule has 2 N–H and O–H groups in total. The van der Waals surface area contributed by atoms with Gasteiger partial charge in [-0.05, 0) is 12.8 Å². The summed E-state index contributed by atoms with van der Waals surface area (Å²) < 4.78 is 19.0. The van der Waals surface area contributed by atoms with Crippen molar-refractivity contribution in [2.75, 3.05) is 13.2 Å². The van der Waals surface area contributed by atoms with E-state index in [1.165, 1.54) is 6.33 Å². The summed E-state index contributed by atoms with van der Waals surface area (Å²) in [5.74, 6) is -0.195. The second kappa shape index (κ2) is 4.63. The largest absolute Gasteiger partial charge is 0.381 e. The number of hydrogen-bond donors (Lipinski definition) is 1. The molecule has 0 saturated carbocycles. The smallest absolute Gasteiger partial charge is 0.167 e. The minimum atomic E-state index is -0.341. The van der Waals surface area contributed by atoms with Gasteiger partial charge >= 0.3 is 0 Å². The fourth-order valence-corrected chi connectivity index (χ4v) is 1.82. The molecular formula is C10H14FN3O. The summed E-state index contributed by atoms with van der Waals surface area (Å²) in [6.45, 7) is 1.46. The molecule has 0 aromatic carbocycles. The predicted molar refractivity (Wildman–Crippen MR) is 52.7 cm³/mol. The third-order valence-corrected chi connectivity index (χ3v) is 2.69. The van der Waals surface area contributed by atoms with Crippen molar-refractivity contribution in [3.8, 4) is 0 Å². The van der Waals surface area contributed by atoms with E-state index < -0.39 is 0 Å². The Morgan fingerprint density at radius 2 is 2.13 bits per heavy atom. The maximum atomic E-state index is 13.8. The molecule has 2 heterocycles. The van der Waals surface area contributed by atoms with Crippen LogP contribution in [0.2, 0.25) is 0 Å². The molecule has 1 aliphatic rings. The second-order valence-corrected chi connectivity index (χ2v) is 3.61. The lowest BCUT2D eigenvalue weighted by Gasteiger charge is -2.22. The second-order valence-electron chi connectivity index (χ2n) is 3.61. The number of halogens is 1. The quantitative estimate of drug-likeness (QED) is 0.791. The number of hydrogen-bond acceptors (Lipinski definition) is 4. The third kappa shape index (κ3) is 2.13. The van der Waals surface area contributed by atoms with Crippen LogP contribution in [0.4, 0.5) is 4.39 Å². The summed E-state index contributed by atoms with van der Waals surface area (Å²) in [5.41, 5.74) is 6.19. The molecule has 15 heavy (non-hydrogen) atoms. The van der Waals surface area contributed by atoms with Crippen molar-refractivity contribution in [3.05, 3.63) is 23.5 Å². The first-order valence-corrected chi connectivity index (χ1v) is 5.10. The molecule has 1 saturated heterocycles. The zero-order valence-corrected chi connectivity index (χ0v) is 8.45. The van der Waals surface area contributed by atoms with Crippen molar-refractivity contribution in [2.24, 2.45) is 5.73 Å². The van der Waals surface area contributed by atoms with Crippen LogP contribution in [-0.4, -0.2) is 23.2 Å². The molecule has 2 rings (SSSR count). The molecule has 1 aromatic heterocycles. The Bertz CT molecular complexity index is 339. The van der Waals surface area contributed by atoms with Gasteiger partial charge in [-0.15, -0.1) is 0 Å². The van der Waals surface area contributed by atoms with Gasteiger partial charge in [-0.3, -0.25) is 0 Å². The van der Waals surface area contributed by atoms with E-state index in [0.29, 0.717) is 24.6 Å². The molecule has 0 unspecified atom stereocenters. The lowest BCUT2D eigenvalue weighted by molar-refractivity contribution is 0.0836. The highest BCUT2D eigenvalue weighted by molar-refractivity contribution is 5.16. The fourth-order valence-electron chi connectivity index (χ4n) is 1.82. The summed E-state index contributed by atoms with van der Waals surface area (Å²) >= 11 is 0. The molecule has 0 radical (unpaired) electrons. The van der Waals surface area contributed by atoms with E-state index in [4.69, 9.17) is 10.5 Å². The highest BCUT2D eigenvalue weighted by Gasteiger charge is 2.22. The van der Waals surface area contributed by atoms with Crippen LogP contribution < -0.4 is 5.73 Å². The van der Waals surface area contributed by atoms with Crippen LogP contribution in [-0.2, 0) is 11.3 Å². The first kappa shape index (κ1) is 10.4. The highest BCUT2D eigenvalue weighted by Crippen LogP contribution is 2.27. The van der Waals surface area contributed by atoms with Crippen molar-refractivity contribution in [3.63, 3.8) is 0 Å². The Morgan fingerprint density at radius 3 is 2.80 bits per heavy atom. The zero-order chi connectivity index (χ0) is 10.7. The number of ether oxygens (including phenoxy) is 1. The van der Waals surface area contributed by atoms with Gasteiger partial charge < -0.3 is 10.5 Å². The van der Waals surface area contributed by atoms with Gasteiger partial charge in [0.1, 0.15) is 6.33 Å². The minimum absolute atomic E-state index is 0.116. The molecule has 0 atom stereocenters. The summed E-state index contributed by atoms with van der Waals surface area (Å²) in [4.78, 5) is 7.82. The van der Waals surface area contributed by atoms with Crippen LogP contribution in [0.15, 0.2) is 6.33 Å². The van der Waals surface area contributed by atoms with E-state index in [2.05, 4.69) is 9.97 Å². The van der Waals surface area contributed by atoms with Gasteiger partial charge in [-0.25, -0.2) is 14.4 Å². The molecule has 0 spiro atoms. The van der Waals surface area contributed by atoms with Gasteiger partial charge in [-0.2, -0.15) is 0 Å². The van der Waals surface area contributed by atoms with Crippen LogP contribution >= 0.6 is 0 Å². The van der Waals surface area contributed by atoms with Gasteiger partial charge in [0.05, 0.1) is 11.4 Å². The van der Waals surface area contributed by atoms with E-state index in [1.807, 2.05) is 0 Å². The van der Waals surface area contributed by atoms with Crippen molar-refractivity contribution < 1.29 is 9.13 Å². The first-order valence-electron chi connectivity index (χ1n) is 5.10. The predicted octanol–water partition coefficient (Wildman–Crippen LogP) is 0.968. The van der Waals surface area contributed by atoms with Crippen LogP contribution in [0.25, 0.3) is 0 Å². The molecule has 1 fully saturated rings. The summed E-state index contributed by atoms with van der Waals surface area (Å²) in [7, 11) is 0. The van der Waals surface area contributed by atoms with Gasteiger partial charge in [0, 0.05) is 25.7 Å². The summed E-state index contributed by atoms with van der Waals surface area (Å²) in [6.07, 6.45) is 3.02. The molecule has 5 heteroatoms. The van der Waals surface area contributed by atoms with Crippen molar-refractivity contribution in [2.45, 2.75) is 25.3 Å². The standard InChI is InChI=1S/C10H14FN3O/c11-9-8(5-12)13-6-14-10(9)7-1-3-15-4-2-7/h6-7H,1-5,12H2. The fraction of sp³-hybridized carbons (Fsp3) is 0.600. The number of nitrogens with two attached hydrogens (primary N) is 1. The maximum absolute atomic E-state index is 13.8. The van der Waals surface area contributed by atoms with Crippen LogP contribution in [0, 0.1) is 5.82 Å². The first-order chi connectivity index (χ1) is 7.33. The van der Waals surface area contributed by atoms with Gasteiger partial charge in [0.15, 0.2) is 5.82 Å². The van der Waals surface area contributed by atoms with Crippen molar-refractivity contribution >= 4 is 0 Å². The normalized spacial score (nSPS) is 18.0. The van der Waals surface area contributed by atoms with Crippen molar-refractivity contribution in [1.29, 1.82) is 0 Å². The Hall–Kier alpha value is -1.07. The lowest BCUT2D eigenvalue weighted by atomic mass is 9.95. The Morgan fingerprint density at radius 1 is 1.40 bits per heavy atom. The third-order valence-electron chi connectivity index (χ3n) is 2.69. The summed E-state index contributed by atoms with van der Waals surface area (Å²) in [5, 5.41) is 0. The Balaban J connectivity index is 2.26. The maximum Gasteiger partial charge on any atom is 0.167 e. The van der Waals surface area contributed by atoms with Gasteiger partial charge in [0.25, 0.3) is 0 Å². The number of nitrogens with zero attached hydrogens (tertiary/aromatic N) is 2. The van der Waals surface area contributed by atoms with Gasteiger partial charge in [0.2, 0.25) is 0 Å². The van der Waals surface area contributed by atoms with Crippen molar-refractivity contribution in [1.82, 2.24) is 9.97 Å². The average molecular weight is 211 g/mol. The molecule has 0 aliphatic carbocycles. The topological polar surface area (TPSA) is 61.0 Å². The summed E-state index contributed by atoms with van der Waals surface area (Å²) in [6, 6.07) is 0. The molecule has 4 nitrogen and oxygen atoms in total. The van der Waals surface area contributed by atoms with Gasteiger partial charge in [-0.1, -0.05) is 0 Å².